The van der Waals surface area contributed by atoms with Crippen molar-refractivity contribution >= 4 is 0 Å². The Balaban J connectivity index is 2.32. The van der Waals surface area contributed by atoms with Crippen molar-refractivity contribution in [2.24, 2.45) is 0 Å². The summed E-state index contributed by atoms with van der Waals surface area (Å²) in [4.78, 5) is 0. The summed E-state index contributed by atoms with van der Waals surface area (Å²) in [6.45, 7) is 0. The van der Waals surface area contributed by atoms with E-state index in [1.807, 2.05) is 12.1 Å². The molecule has 0 aliphatic rings. The zero-order valence-electron chi connectivity index (χ0n) is 12.4. The molecule has 0 aliphatic carbocycles. The van der Waals surface area contributed by atoms with E-state index < -0.39 is 11.6 Å². The molecular formula is C20H10F2N2. The van der Waals surface area contributed by atoms with Crippen molar-refractivity contribution in [2.45, 2.75) is 0 Å². The second-order valence-corrected chi connectivity index (χ2v) is 5.10. The molecule has 114 valence electrons. The van der Waals surface area contributed by atoms with E-state index in [1.54, 1.807) is 36.4 Å². The monoisotopic (exact) mass is 316 g/mol. The van der Waals surface area contributed by atoms with Gasteiger partial charge >= 0.3 is 0 Å². The van der Waals surface area contributed by atoms with Crippen LogP contribution in [0, 0.1) is 34.3 Å². The van der Waals surface area contributed by atoms with Crippen molar-refractivity contribution in [3.05, 3.63) is 83.4 Å². The number of rotatable bonds is 2. The second kappa shape index (κ2) is 6.32. The molecule has 3 rings (SSSR count). The molecule has 4 heteroatoms. The van der Waals surface area contributed by atoms with Crippen molar-refractivity contribution in [1.82, 2.24) is 0 Å². The molecule has 3 aromatic carbocycles. The fraction of sp³-hybridized carbons (Fsp3) is 0. The summed E-state index contributed by atoms with van der Waals surface area (Å²) in [6, 6.07) is 19.2. The van der Waals surface area contributed by atoms with Gasteiger partial charge in [-0.2, -0.15) is 10.5 Å². The first-order chi connectivity index (χ1) is 11.7. The Bertz CT molecular complexity index is 1010. The smallest absolute Gasteiger partial charge is 0.141 e. The number of halogens is 2. The Morgan fingerprint density at radius 2 is 1.17 bits per heavy atom. The molecular weight excluding hydrogens is 306 g/mol. The molecule has 0 atom stereocenters. The third kappa shape index (κ3) is 2.51. The van der Waals surface area contributed by atoms with Gasteiger partial charge in [-0.05, 0) is 24.3 Å². The average molecular weight is 316 g/mol. The van der Waals surface area contributed by atoms with Gasteiger partial charge in [-0.25, -0.2) is 8.78 Å². The summed E-state index contributed by atoms with van der Waals surface area (Å²) in [6.07, 6.45) is 0. The highest BCUT2D eigenvalue weighted by Gasteiger charge is 2.20. The molecule has 0 amide bonds. The van der Waals surface area contributed by atoms with Gasteiger partial charge in [-0.3, -0.25) is 0 Å². The third-order valence-corrected chi connectivity index (χ3v) is 3.75. The Morgan fingerprint density at radius 3 is 1.79 bits per heavy atom. The lowest BCUT2D eigenvalue weighted by molar-refractivity contribution is 0.592. The van der Waals surface area contributed by atoms with E-state index in [1.165, 1.54) is 18.2 Å². The van der Waals surface area contributed by atoms with Gasteiger partial charge < -0.3 is 0 Å². The van der Waals surface area contributed by atoms with E-state index in [4.69, 9.17) is 0 Å². The first-order valence-electron chi connectivity index (χ1n) is 7.14. The quantitative estimate of drug-likeness (QED) is 0.665. The largest absolute Gasteiger partial charge is 0.206 e. The minimum atomic E-state index is -0.791. The molecule has 0 radical (unpaired) electrons. The summed E-state index contributed by atoms with van der Waals surface area (Å²) in [5.74, 6) is -1.55. The van der Waals surface area contributed by atoms with Crippen LogP contribution in [0.1, 0.15) is 11.1 Å². The van der Waals surface area contributed by atoms with Crippen LogP contribution in [0.2, 0.25) is 0 Å². The normalized spacial score (nSPS) is 10.0. The topological polar surface area (TPSA) is 47.6 Å². The Morgan fingerprint density at radius 1 is 0.625 bits per heavy atom. The van der Waals surface area contributed by atoms with E-state index in [0.29, 0.717) is 11.1 Å². The van der Waals surface area contributed by atoms with Crippen molar-refractivity contribution < 1.29 is 8.78 Å². The van der Waals surface area contributed by atoms with Crippen LogP contribution in [0.5, 0.6) is 0 Å². The lowest BCUT2D eigenvalue weighted by Crippen LogP contribution is -1.97. The highest BCUT2D eigenvalue weighted by Crippen LogP contribution is 2.35. The predicted octanol–water partition coefficient (Wildman–Crippen LogP) is 5.04. The Hall–Kier alpha value is -3.50. The highest BCUT2D eigenvalue weighted by molar-refractivity contribution is 5.79. The molecule has 0 saturated carbocycles. The SMILES string of the molecule is N#Cc1ccccc1-c1ccc(F)c(-c2ccccc2C#N)c1F. The fourth-order valence-corrected chi connectivity index (χ4v) is 2.62. The van der Waals surface area contributed by atoms with Crippen LogP contribution >= 0.6 is 0 Å². The molecule has 0 N–H and O–H groups in total. The van der Waals surface area contributed by atoms with Gasteiger partial charge in [0.15, 0.2) is 0 Å². The summed E-state index contributed by atoms with van der Waals surface area (Å²) in [5, 5.41) is 18.4. The van der Waals surface area contributed by atoms with Crippen LogP contribution in [-0.4, -0.2) is 0 Å². The number of hydrogen-bond donors (Lipinski definition) is 0. The van der Waals surface area contributed by atoms with Crippen molar-refractivity contribution in [3.8, 4) is 34.4 Å². The van der Waals surface area contributed by atoms with Crippen molar-refractivity contribution in [3.63, 3.8) is 0 Å². The number of nitrogens with zero attached hydrogens (tertiary/aromatic N) is 2. The van der Waals surface area contributed by atoms with Gasteiger partial charge in [-0.15, -0.1) is 0 Å². The van der Waals surface area contributed by atoms with Crippen molar-refractivity contribution in [1.29, 1.82) is 10.5 Å². The van der Waals surface area contributed by atoms with Crippen LogP contribution in [0.15, 0.2) is 60.7 Å². The Kier molecular flexibility index (Phi) is 4.05. The van der Waals surface area contributed by atoms with Gasteiger partial charge in [0.05, 0.1) is 28.8 Å². The lowest BCUT2D eigenvalue weighted by Gasteiger charge is -2.12. The van der Waals surface area contributed by atoms with E-state index in [-0.39, 0.29) is 22.3 Å². The number of hydrogen-bond acceptors (Lipinski definition) is 2. The van der Waals surface area contributed by atoms with E-state index in [2.05, 4.69) is 0 Å². The molecule has 24 heavy (non-hydrogen) atoms. The number of nitriles is 2. The maximum absolute atomic E-state index is 15.1. The first kappa shape index (κ1) is 15.4. The van der Waals surface area contributed by atoms with Gasteiger partial charge in [0.1, 0.15) is 11.6 Å². The Labute approximate surface area is 137 Å². The molecule has 0 spiro atoms. The van der Waals surface area contributed by atoms with E-state index in [9.17, 15) is 14.9 Å². The molecule has 0 heterocycles. The molecule has 0 saturated heterocycles. The zero-order valence-corrected chi connectivity index (χ0v) is 12.4. The maximum atomic E-state index is 15.1. The third-order valence-electron chi connectivity index (χ3n) is 3.75. The van der Waals surface area contributed by atoms with E-state index in [0.717, 1.165) is 6.07 Å². The van der Waals surface area contributed by atoms with Gasteiger partial charge in [0, 0.05) is 16.7 Å². The molecule has 0 aliphatic heterocycles. The second-order valence-electron chi connectivity index (χ2n) is 5.10. The van der Waals surface area contributed by atoms with Crippen LogP contribution in [-0.2, 0) is 0 Å². The van der Waals surface area contributed by atoms with Crippen LogP contribution in [0.25, 0.3) is 22.3 Å². The highest BCUT2D eigenvalue weighted by atomic mass is 19.1. The summed E-state index contributed by atoms with van der Waals surface area (Å²) < 4.78 is 29.4. The van der Waals surface area contributed by atoms with Gasteiger partial charge in [0.2, 0.25) is 0 Å². The minimum absolute atomic E-state index is 0.122. The molecule has 0 fully saturated rings. The summed E-state index contributed by atoms with van der Waals surface area (Å²) in [7, 11) is 0. The maximum Gasteiger partial charge on any atom is 0.141 e. The molecule has 0 aromatic heterocycles. The van der Waals surface area contributed by atoms with Gasteiger partial charge in [-0.1, -0.05) is 36.4 Å². The molecule has 0 bridgehead atoms. The molecule has 3 aromatic rings. The van der Waals surface area contributed by atoms with Gasteiger partial charge in [0.25, 0.3) is 0 Å². The van der Waals surface area contributed by atoms with Crippen LogP contribution in [0.3, 0.4) is 0 Å². The van der Waals surface area contributed by atoms with Crippen LogP contribution in [0.4, 0.5) is 8.78 Å². The lowest BCUT2D eigenvalue weighted by atomic mass is 9.93. The predicted molar refractivity (Wildman–Crippen MR) is 86.7 cm³/mol. The molecule has 2 nitrogen and oxygen atoms in total. The van der Waals surface area contributed by atoms with E-state index >= 15 is 4.39 Å². The minimum Gasteiger partial charge on any atom is -0.206 e. The summed E-state index contributed by atoms with van der Waals surface area (Å²) >= 11 is 0. The first-order valence-corrected chi connectivity index (χ1v) is 7.14. The zero-order chi connectivity index (χ0) is 17.1. The standard InChI is InChI=1S/C20H10F2N2/c21-18-10-9-17(15-7-3-1-5-13(15)11-23)20(22)19(18)16-8-4-2-6-14(16)12-24/h1-10H. The average Bonchev–Trinajstić information content (AvgIpc) is 2.62. The fourth-order valence-electron chi connectivity index (χ4n) is 2.62. The summed E-state index contributed by atoms with van der Waals surface area (Å²) in [5.41, 5.74) is 0.900. The molecule has 0 unspecified atom stereocenters. The number of benzene rings is 3. The van der Waals surface area contributed by atoms with Crippen molar-refractivity contribution in [2.75, 3.05) is 0 Å². The van der Waals surface area contributed by atoms with Crippen LogP contribution < -0.4 is 0 Å².